The second-order valence-electron chi connectivity index (χ2n) is 5.61. The van der Waals surface area contributed by atoms with Crippen LogP contribution in [0.1, 0.15) is 46.5 Å². The molecular weight excluding hydrogens is 202 g/mol. The lowest BCUT2D eigenvalue weighted by Gasteiger charge is -2.38. The molecule has 1 N–H and O–H groups in total. The first-order valence-corrected chi connectivity index (χ1v) is 6.38. The summed E-state index contributed by atoms with van der Waals surface area (Å²) in [4.78, 5) is 13.3. The number of carboxylic acid groups (broad SMARTS) is 1. The summed E-state index contributed by atoms with van der Waals surface area (Å²) in [6.07, 6.45) is 4.77. The van der Waals surface area contributed by atoms with Crippen LogP contribution in [0.2, 0.25) is 0 Å². The van der Waals surface area contributed by atoms with Gasteiger partial charge in [0.15, 0.2) is 0 Å². The predicted octanol–water partition coefficient (Wildman–Crippen LogP) is 2.61. The fourth-order valence-electron chi connectivity index (χ4n) is 2.81. The van der Waals surface area contributed by atoms with Gasteiger partial charge in [-0.1, -0.05) is 20.8 Å². The van der Waals surface area contributed by atoms with E-state index >= 15 is 0 Å². The summed E-state index contributed by atoms with van der Waals surface area (Å²) in [6, 6.07) is 0.123. The minimum Gasteiger partial charge on any atom is -0.480 e. The van der Waals surface area contributed by atoms with Crippen LogP contribution < -0.4 is 0 Å². The first kappa shape index (κ1) is 13.5. The second-order valence-corrected chi connectivity index (χ2v) is 5.61. The van der Waals surface area contributed by atoms with Crippen molar-refractivity contribution < 1.29 is 9.90 Å². The molecule has 0 aromatic rings. The van der Waals surface area contributed by atoms with Crippen molar-refractivity contribution in [1.82, 2.24) is 4.90 Å². The summed E-state index contributed by atoms with van der Waals surface area (Å²) in [5, 5.41) is 9.26. The van der Waals surface area contributed by atoms with Gasteiger partial charge in [0.05, 0.1) is 0 Å². The third kappa shape index (κ3) is 3.21. The van der Waals surface area contributed by atoms with Gasteiger partial charge in [-0.2, -0.15) is 0 Å². The third-order valence-electron chi connectivity index (χ3n) is 3.88. The molecule has 0 bridgehead atoms. The topological polar surface area (TPSA) is 40.5 Å². The van der Waals surface area contributed by atoms with Crippen LogP contribution in [-0.4, -0.2) is 35.1 Å². The highest BCUT2D eigenvalue weighted by atomic mass is 16.4. The van der Waals surface area contributed by atoms with Gasteiger partial charge >= 0.3 is 5.97 Å². The Balaban J connectivity index is 2.60. The van der Waals surface area contributed by atoms with Crippen molar-refractivity contribution in [3.63, 3.8) is 0 Å². The number of hydrogen-bond acceptors (Lipinski definition) is 2. The first-order valence-electron chi connectivity index (χ1n) is 6.38. The summed E-state index contributed by atoms with van der Waals surface area (Å²) in [6.45, 7) is 6.26. The van der Waals surface area contributed by atoms with Crippen LogP contribution in [0.25, 0.3) is 0 Å². The van der Waals surface area contributed by atoms with Gasteiger partial charge in [-0.3, -0.25) is 9.69 Å². The SMILES string of the molecule is CC1CCC(N(C)C(C(=O)O)C(C)C)CC1. The Labute approximate surface area is 98.8 Å². The van der Waals surface area contributed by atoms with Crippen molar-refractivity contribution in [3.05, 3.63) is 0 Å². The summed E-state index contributed by atoms with van der Waals surface area (Å²) in [5.74, 6) is 0.296. The van der Waals surface area contributed by atoms with Crippen LogP contribution in [0, 0.1) is 11.8 Å². The molecule has 0 radical (unpaired) electrons. The van der Waals surface area contributed by atoms with Gasteiger partial charge in [0.25, 0.3) is 0 Å². The number of nitrogens with zero attached hydrogens (tertiary/aromatic N) is 1. The van der Waals surface area contributed by atoms with Gasteiger partial charge in [0.2, 0.25) is 0 Å². The zero-order valence-electron chi connectivity index (χ0n) is 10.9. The van der Waals surface area contributed by atoms with Crippen molar-refractivity contribution in [3.8, 4) is 0 Å². The number of rotatable bonds is 4. The molecule has 0 saturated heterocycles. The van der Waals surface area contributed by atoms with Crippen LogP contribution in [-0.2, 0) is 4.79 Å². The lowest BCUT2D eigenvalue weighted by molar-refractivity contribution is -0.145. The van der Waals surface area contributed by atoms with Gasteiger partial charge in [0.1, 0.15) is 6.04 Å². The molecule has 3 nitrogen and oxygen atoms in total. The van der Waals surface area contributed by atoms with Crippen LogP contribution >= 0.6 is 0 Å². The minimum absolute atomic E-state index is 0.168. The molecule has 0 aliphatic heterocycles. The number of hydrogen-bond donors (Lipinski definition) is 1. The van der Waals surface area contributed by atoms with E-state index < -0.39 is 5.97 Å². The molecule has 1 aliphatic rings. The molecule has 0 aromatic carbocycles. The maximum atomic E-state index is 11.2. The quantitative estimate of drug-likeness (QED) is 0.802. The van der Waals surface area contributed by atoms with Gasteiger partial charge in [-0.15, -0.1) is 0 Å². The van der Waals surface area contributed by atoms with Crippen molar-refractivity contribution in [2.45, 2.75) is 58.5 Å². The van der Waals surface area contributed by atoms with Crippen molar-refractivity contribution in [1.29, 1.82) is 0 Å². The summed E-state index contributed by atoms with van der Waals surface area (Å²) < 4.78 is 0. The number of aliphatic carboxylic acids is 1. The Hall–Kier alpha value is -0.570. The standard InChI is InChI=1S/C13H25NO2/c1-9(2)12(13(15)16)14(4)11-7-5-10(3)6-8-11/h9-12H,5-8H2,1-4H3,(H,15,16). The van der Waals surface area contributed by atoms with Crippen LogP contribution in [0.15, 0.2) is 0 Å². The van der Waals surface area contributed by atoms with Gasteiger partial charge in [-0.05, 0) is 44.6 Å². The Morgan fingerprint density at radius 1 is 1.25 bits per heavy atom. The molecule has 16 heavy (non-hydrogen) atoms. The molecule has 94 valence electrons. The first-order chi connectivity index (χ1) is 7.43. The van der Waals surface area contributed by atoms with E-state index in [0.29, 0.717) is 6.04 Å². The van der Waals surface area contributed by atoms with Crippen molar-refractivity contribution >= 4 is 5.97 Å². The molecule has 1 rings (SSSR count). The number of carbonyl (C=O) groups is 1. The van der Waals surface area contributed by atoms with Crippen LogP contribution in [0.3, 0.4) is 0 Å². The molecule has 3 heteroatoms. The van der Waals surface area contributed by atoms with Crippen LogP contribution in [0.4, 0.5) is 0 Å². The average Bonchev–Trinajstić information content (AvgIpc) is 2.17. The average molecular weight is 227 g/mol. The summed E-state index contributed by atoms with van der Waals surface area (Å²) in [5.41, 5.74) is 0. The normalized spacial score (nSPS) is 28.4. The Kier molecular flexibility index (Phi) is 4.78. The van der Waals surface area contributed by atoms with Crippen molar-refractivity contribution in [2.24, 2.45) is 11.8 Å². The predicted molar refractivity (Wildman–Crippen MR) is 65.4 cm³/mol. The minimum atomic E-state index is -0.684. The number of likely N-dealkylation sites (N-methyl/N-ethyl adjacent to an activating group) is 1. The molecule has 1 unspecified atom stereocenters. The highest BCUT2D eigenvalue weighted by Crippen LogP contribution is 2.28. The maximum absolute atomic E-state index is 11.2. The molecule has 1 fully saturated rings. The molecule has 0 spiro atoms. The second kappa shape index (κ2) is 5.67. The van der Waals surface area contributed by atoms with E-state index in [4.69, 9.17) is 0 Å². The van der Waals surface area contributed by atoms with E-state index in [1.807, 2.05) is 20.9 Å². The smallest absolute Gasteiger partial charge is 0.321 e. The molecule has 1 atom stereocenters. The number of carboxylic acids is 1. The lowest BCUT2D eigenvalue weighted by atomic mass is 9.85. The molecule has 1 aliphatic carbocycles. The van der Waals surface area contributed by atoms with E-state index in [9.17, 15) is 9.90 Å². The lowest BCUT2D eigenvalue weighted by Crippen LogP contribution is -2.48. The molecule has 1 saturated carbocycles. The van der Waals surface area contributed by atoms with Gasteiger partial charge in [-0.25, -0.2) is 0 Å². The Morgan fingerprint density at radius 3 is 2.12 bits per heavy atom. The van der Waals surface area contributed by atoms with Crippen molar-refractivity contribution in [2.75, 3.05) is 7.05 Å². The molecular formula is C13H25NO2. The van der Waals surface area contributed by atoms with E-state index in [1.54, 1.807) is 0 Å². The highest BCUT2D eigenvalue weighted by molar-refractivity contribution is 5.73. The fraction of sp³-hybridized carbons (Fsp3) is 0.923. The van der Waals surface area contributed by atoms with E-state index in [0.717, 1.165) is 18.8 Å². The Bertz CT molecular complexity index is 232. The fourth-order valence-corrected chi connectivity index (χ4v) is 2.81. The van der Waals surface area contributed by atoms with Gasteiger partial charge in [0, 0.05) is 6.04 Å². The van der Waals surface area contributed by atoms with Crippen LogP contribution in [0.5, 0.6) is 0 Å². The highest BCUT2D eigenvalue weighted by Gasteiger charge is 2.32. The largest absolute Gasteiger partial charge is 0.480 e. The molecule has 0 aromatic heterocycles. The summed E-state index contributed by atoms with van der Waals surface area (Å²) >= 11 is 0. The monoisotopic (exact) mass is 227 g/mol. The zero-order chi connectivity index (χ0) is 12.3. The van der Waals surface area contributed by atoms with Gasteiger partial charge < -0.3 is 5.11 Å². The zero-order valence-corrected chi connectivity index (χ0v) is 10.9. The maximum Gasteiger partial charge on any atom is 0.321 e. The third-order valence-corrected chi connectivity index (χ3v) is 3.88. The Morgan fingerprint density at radius 2 is 1.75 bits per heavy atom. The molecule has 0 heterocycles. The van der Waals surface area contributed by atoms with E-state index in [-0.39, 0.29) is 12.0 Å². The summed E-state index contributed by atoms with van der Waals surface area (Å²) in [7, 11) is 1.97. The van der Waals surface area contributed by atoms with E-state index in [1.165, 1.54) is 12.8 Å². The molecule has 0 amide bonds. The van der Waals surface area contributed by atoms with E-state index in [2.05, 4.69) is 11.8 Å².